The summed E-state index contributed by atoms with van der Waals surface area (Å²) >= 11 is 5.91. The number of anilines is 2. The number of nitrogens with two attached hydrogens (primary N) is 1. The van der Waals surface area contributed by atoms with Crippen LogP contribution in [0.1, 0.15) is 29.8 Å². The van der Waals surface area contributed by atoms with Gasteiger partial charge in [-0.25, -0.2) is 13.1 Å². The molecule has 1 unspecified atom stereocenters. The third-order valence-corrected chi connectivity index (χ3v) is 8.45. The van der Waals surface area contributed by atoms with Gasteiger partial charge >= 0.3 is 0 Å². The van der Waals surface area contributed by atoms with Crippen LogP contribution < -0.4 is 15.8 Å². The molecule has 0 aliphatic carbocycles. The second kappa shape index (κ2) is 13.1. The quantitative estimate of drug-likeness (QED) is 0.174. The Balaban J connectivity index is 1.53. The fourth-order valence-electron chi connectivity index (χ4n) is 4.54. The molecule has 4 aromatic rings. The summed E-state index contributed by atoms with van der Waals surface area (Å²) in [5, 5.41) is 4.72. The van der Waals surface area contributed by atoms with Crippen molar-refractivity contribution in [2.75, 3.05) is 24.1 Å². The summed E-state index contributed by atoms with van der Waals surface area (Å²) in [4.78, 5) is 40.8. The van der Waals surface area contributed by atoms with Crippen LogP contribution >= 0.6 is 11.6 Å². The number of nitrogens with one attached hydrogen (secondary N) is 2. The van der Waals surface area contributed by atoms with Crippen LogP contribution in [0.5, 0.6) is 0 Å². The Kier molecular flexibility index (Phi) is 9.49. The first-order valence-corrected chi connectivity index (χ1v) is 15.2. The highest BCUT2D eigenvalue weighted by molar-refractivity contribution is 7.90. The number of hydrogen-bond acceptors (Lipinski definition) is 6. The summed E-state index contributed by atoms with van der Waals surface area (Å²) in [6.07, 6.45) is -0.0488. The average Bonchev–Trinajstić information content (AvgIpc) is 2.96. The van der Waals surface area contributed by atoms with Crippen LogP contribution in [0.3, 0.4) is 0 Å². The molecule has 0 fully saturated rings. The summed E-state index contributed by atoms with van der Waals surface area (Å²) in [5.74, 6) is -3.13. The molecule has 0 aromatic heterocycles. The molecule has 4 N–H and O–H groups in total. The van der Waals surface area contributed by atoms with Gasteiger partial charge < -0.3 is 16.0 Å². The number of nitrogens with zero attached hydrogens (tertiary/aromatic N) is 1. The Hall–Kier alpha value is -4.41. The lowest BCUT2D eigenvalue weighted by molar-refractivity contribution is -0.141. The number of benzene rings is 4. The highest BCUT2D eigenvalue weighted by Crippen LogP contribution is 2.22. The van der Waals surface area contributed by atoms with Gasteiger partial charge in [-0.05, 0) is 79.1 Å². The summed E-state index contributed by atoms with van der Waals surface area (Å²) in [7, 11) is -4.25. The Morgan fingerprint density at radius 1 is 0.881 bits per heavy atom. The lowest BCUT2D eigenvalue weighted by atomic mass is 9.97. The van der Waals surface area contributed by atoms with Gasteiger partial charge in [0.25, 0.3) is 15.9 Å². The van der Waals surface area contributed by atoms with Gasteiger partial charge in [0, 0.05) is 29.5 Å². The first-order chi connectivity index (χ1) is 20.0. The molecule has 218 valence electrons. The maximum Gasteiger partial charge on any atom is 0.264 e. The van der Waals surface area contributed by atoms with Gasteiger partial charge in [-0.15, -0.1) is 0 Å². The molecule has 42 heavy (non-hydrogen) atoms. The van der Waals surface area contributed by atoms with Crippen LogP contribution in [0.15, 0.2) is 89.8 Å². The van der Waals surface area contributed by atoms with Gasteiger partial charge in [0.2, 0.25) is 11.8 Å². The molecule has 3 amide bonds. The number of carbonyl (C=O) groups is 3. The van der Waals surface area contributed by atoms with Crippen LogP contribution in [0.2, 0.25) is 5.02 Å². The fraction of sp³-hybridized carbons (Fsp3) is 0.194. The molecule has 0 aliphatic heterocycles. The number of fused-ring (bicyclic) bond motifs is 1. The van der Waals surface area contributed by atoms with Gasteiger partial charge in [0.05, 0.1) is 10.5 Å². The summed E-state index contributed by atoms with van der Waals surface area (Å²) in [5.41, 5.74) is 7.46. The minimum absolute atomic E-state index is 0.0488. The predicted molar refractivity (Wildman–Crippen MR) is 165 cm³/mol. The molecule has 9 nitrogen and oxygen atoms in total. The molecule has 0 aliphatic rings. The third kappa shape index (κ3) is 7.07. The highest BCUT2D eigenvalue weighted by atomic mass is 35.5. The molecule has 4 rings (SSSR count). The normalized spacial score (nSPS) is 12.0. The van der Waals surface area contributed by atoms with E-state index < -0.39 is 33.7 Å². The van der Waals surface area contributed by atoms with E-state index in [1.54, 1.807) is 62.4 Å². The Morgan fingerprint density at radius 3 is 2.19 bits per heavy atom. The van der Waals surface area contributed by atoms with E-state index in [0.717, 1.165) is 5.39 Å². The molecule has 11 heteroatoms. The molecule has 4 aromatic carbocycles. The molecule has 0 spiro atoms. The Morgan fingerprint density at radius 2 is 1.55 bits per heavy atom. The largest absolute Gasteiger partial charge is 0.398 e. The number of nitrogen functional groups attached to an aromatic ring is 1. The second-order valence-electron chi connectivity index (χ2n) is 9.63. The van der Waals surface area contributed by atoms with E-state index in [-0.39, 0.29) is 22.6 Å². The number of carbonyl (C=O) groups excluding carboxylic acids is 3. The molecule has 0 saturated heterocycles. The highest BCUT2D eigenvalue weighted by Gasteiger charge is 2.33. The third-order valence-electron chi connectivity index (χ3n) is 6.87. The van der Waals surface area contributed by atoms with Crippen molar-refractivity contribution in [2.24, 2.45) is 5.92 Å². The van der Waals surface area contributed by atoms with E-state index in [9.17, 15) is 22.8 Å². The minimum atomic E-state index is -4.25. The number of hydrogen-bond donors (Lipinski definition) is 3. The fourth-order valence-corrected chi connectivity index (χ4v) is 5.78. The molecular formula is C31H31ClN4O5S. The van der Waals surface area contributed by atoms with Crippen LogP contribution in [-0.2, 0) is 26.0 Å². The maximum atomic E-state index is 13.4. The van der Waals surface area contributed by atoms with Crippen molar-refractivity contribution >= 4 is 61.5 Å². The molecular weight excluding hydrogens is 576 g/mol. The van der Waals surface area contributed by atoms with E-state index in [4.69, 9.17) is 17.3 Å². The molecule has 0 bridgehead atoms. The van der Waals surface area contributed by atoms with Crippen molar-refractivity contribution in [2.45, 2.75) is 25.2 Å². The van der Waals surface area contributed by atoms with E-state index in [2.05, 4.69) is 10.0 Å². The van der Waals surface area contributed by atoms with Crippen molar-refractivity contribution < 1.29 is 22.8 Å². The van der Waals surface area contributed by atoms with Gasteiger partial charge in [0.1, 0.15) is 5.92 Å². The van der Waals surface area contributed by atoms with Crippen LogP contribution in [-0.4, -0.2) is 44.1 Å². The van der Waals surface area contributed by atoms with Crippen molar-refractivity contribution in [3.05, 3.63) is 101 Å². The Bertz CT molecular complexity index is 1740. The molecule has 0 heterocycles. The summed E-state index contributed by atoms with van der Waals surface area (Å²) in [6, 6.07) is 23.0. The van der Waals surface area contributed by atoms with Crippen molar-refractivity contribution in [3.63, 3.8) is 0 Å². The van der Waals surface area contributed by atoms with E-state index in [0.29, 0.717) is 34.7 Å². The number of rotatable bonds is 10. The van der Waals surface area contributed by atoms with Crippen molar-refractivity contribution in [1.29, 1.82) is 0 Å². The topological polar surface area (TPSA) is 139 Å². The maximum absolute atomic E-state index is 13.4. The molecule has 1 atom stereocenters. The standard InChI is InChI=1S/C31H31ClN4O5S/c1-3-36(4-2)31(39)27(30(38)35-42(40,41)25-15-11-21-7-5-6-8-22(21)18-25)17-20-9-13-24(14-10-20)34-29(37)26-16-12-23(32)19-28(26)33/h5-16,18-19,27H,3-4,17,33H2,1-2H3,(H,34,37)(H,35,38). The van der Waals surface area contributed by atoms with Crippen molar-refractivity contribution in [3.8, 4) is 0 Å². The SMILES string of the molecule is CCN(CC)C(=O)C(Cc1ccc(NC(=O)c2ccc(Cl)cc2N)cc1)C(=O)NS(=O)(=O)c1ccc2ccccc2c1. The number of amides is 3. The second-order valence-corrected chi connectivity index (χ2v) is 11.7. The zero-order chi connectivity index (χ0) is 30.4. The molecule has 0 radical (unpaired) electrons. The predicted octanol–water partition coefficient (Wildman–Crippen LogP) is 4.86. The summed E-state index contributed by atoms with van der Waals surface area (Å²) in [6.45, 7) is 4.28. The number of halogens is 1. The van der Waals surface area contributed by atoms with Gasteiger partial charge in [-0.3, -0.25) is 14.4 Å². The lowest BCUT2D eigenvalue weighted by Gasteiger charge is -2.25. The van der Waals surface area contributed by atoms with E-state index in [1.165, 1.54) is 29.2 Å². The first kappa shape index (κ1) is 30.5. The van der Waals surface area contributed by atoms with Crippen LogP contribution in [0, 0.1) is 5.92 Å². The average molecular weight is 607 g/mol. The zero-order valence-electron chi connectivity index (χ0n) is 23.1. The van der Waals surface area contributed by atoms with Crippen LogP contribution in [0.25, 0.3) is 10.8 Å². The monoisotopic (exact) mass is 606 g/mol. The van der Waals surface area contributed by atoms with E-state index in [1.807, 2.05) is 12.1 Å². The van der Waals surface area contributed by atoms with Crippen LogP contribution in [0.4, 0.5) is 11.4 Å². The molecule has 0 saturated carbocycles. The van der Waals surface area contributed by atoms with Crippen molar-refractivity contribution in [1.82, 2.24) is 9.62 Å². The zero-order valence-corrected chi connectivity index (χ0v) is 24.7. The van der Waals surface area contributed by atoms with Gasteiger partial charge in [-0.2, -0.15) is 0 Å². The Labute approximate surface area is 249 Å². The van der Waals surface area contributed by atoms with E-state index >= 15 is 0 Å². The lowest BCUT2D eigenvalue weighted by Crippen LogP contribution is -2.46. The smallest absolute Gasteiger partial charge is 0.264 e. The van der Waals surface area contributed by atoms with Gasteiger partial charge in [-0.1, -0.05) is 54.1 Å². The summed E-state index contributed by atoms with van der Waals surface area (Å²) < 4.78 is 28.5. The number of sulfonamides is 1. The minimum Gasteiger partial charge on any atom is -0.398 e. The first-order valence-electron chi connectivity index (χ1n) is 13.3. The van der Waals surface area contributed by atoms with Gasteiger partial charge in [0.15, 0.2) is 0 Å².